The normalized spacial score (nSPS) is 18.7. The van der Waals surface area contributed by atoms with E-state index in [1.165, 1.54) is 6.42 Å². The van der Waals surface area contributed by atoms with Crippen LogP contribution in [0.5, 0.6) is 0 Å². The summed E-state index contributed by atoms with van der Waals surface area (Å²) in [7, 11) is 0. The van der Waals surface area contributed by atoms with Gasteiger partial charge in [-0.15, -0.1) is 0 Å². The lowest BCUT2D eigenvalue weighted by atomic mass is 9.85. The van der Waals surface area contributed by atoms with Gasteiger partial charge in [-0.25, -0.2) is 4.79 Å². The summed E-state index contributed by atoms with van der Waals surface area (Å²) >= 11 is 0. The van der Waals surface area contributed by atoms with Gasteiger partial charge in [-0.1, -0.05) is 32.1 Å². The summed E-state index contributed by atoms with van der Waals surface area (Å²) in [5, 5.41) is 19.9. The number of aliphatic carboxylic acids is 2. The number of carbonyl (C=O) groups excluding carboxylic acids is 1. The highest BCUT2D eigenvalue weighted by Crippen LogP contribution is 2.26. The van der Waals surface area contributed by atoms with Crippen molar-refractivity contribution in [1.82, 2.24) is 5.32 Å². The van der Waals surface area contributed by atoms with Crippen molar-refractivity contribution in [2.24, 2.45) is 11.7 Å². The molecule has 0 aromatic heterocycles. The van der Waals surface area contributed by atoms with Crippen molar-refractivity contribution in [1.29, 1.82) is 0 Å². The molecule has 0 aromatic carbocycles. The second-order valence-corrected chi connectivity index (χ2v) is 5.68. The van der Waals surface area contributed by atoms with E-state index in [1.54, 1.807) is 0 Å². The zero-order valence-corrected chi connectivity index (χ0v) is 12.1. The maximum atomic E-state index is 11.9. The van der Waals surface area contributed by atoms with Crippen LogP contribution < -0.4 is 11.1 Å². The molecule has 0 heterocycles. The number of rotatable bonds is 8. The van der Waals surface area contributed by atoms with Crippen LogP contribution in [-0.2, 0) is 14.4 Å². The van der Waals surface area contributed by atoms with Gasteiger partial charge in [-0.3, -0.25) is 9.59 Å². The largest absolute Gasteiger partial charge is 0.481 e. The van der Waals surface area contributed by atoms with Gasteiger partial charge in [0.05, 0.1) is 6.04 Å². The SMILES string of the molecule is N[C@H](CC1CCCCC1)C(=O)N[C@H](CCC(=O)O)C(=O)O. The Labute approximate surface area is 123 Å². The summed E-state index contributed by atoms with van der Waals surface area (Å²) < 4.78 is 0. The van der Waals surface area contributed by atoms with Gasteiger partial charge in [0.2, 0.25) is 5.91 Å². The molecule has 0 radical (unpaired) electrons. The average molecular weight is 300 g/mol. The third kappa shape index (κ3) is 6.57. The number of carboxylic acids is 2. The fourth-order valence-electron chi connectivity index (χ4n) is 2.69. The van der Waals surface area contributed by atoms with Crippen LogP contribution in [0.2, 0.25) is 0 Å². The summed E-state index contributed by atoms with van der Waals surface area (Å²) in [5.74, 6) is -2.43. The molecule has 1 aliphatic rings. The van der Waals surface area contributed by atoms with Gasteiger partial charge in [-0.2, -0.15) is 0 Å². The number of carbonyl (C=O) groups is 3. The van der Waals surface area contributed by atoms with E-state index in [4.69, 9.17) is 15.9 Å². The van der Waals surface area contributed by atoms with E-state index in [0.717, 1.165) is 25.7 Å². The van der Waals surface area contributed by atoms with E-state index in [-0.39, 0.29) is 12.8 Å². The number of nitrogens with two attached hydrogens (primary N) is 1. The number of amides is 1. The summed E-state index contributed by atoms with van der Waals surface area (Å²) in [4.78, 5) is 33.4. The van der Waals surface area contributed by atoms with Gasteiger partial charge >= 0.3 is 11.9 Å². The minimum absolute atomic E-state index is 0.146. The van der Waals surface area contributed by atoms with Gasteiger partial charge in [0.1, 0.15) is 6.04 Å². The van der Waals surface area contributed by atoms with Crippen molar-refractivity contribution >= 4 is 17.8 Å². The Bertz CT molecular complexity index is 380. The quantitative estimate of drug-likeness (QED) is 0.522. The van der Waals surface area contributed by atoms with Crippen molar-refractivity contribution < 1.29 is 24.6 Å². The third-order valence-electron chi connectivity index (χ3n) is 3.91. The van der Waals surface area contributed by atoms with E-state index in [1.807, 2.05) is 0 Å². The van der Waals surface area contributed by atoms with E-state index >= 15 is 0 Å². The van der Waals surface area contributed by atoms with Crippen LogP contribution >= 0.6 is 0 Å². The zero-order chi connectivity index (χ0) is 15.8. The van der Waals surface area contributed by atoms with Crippen molar-refractivity contribution in [2.45, 2.75) is 63.5 Å². The minimum atomic E-state index is -1.24. The van der Waals surface area contributed by atoms with Crippen LogP contribution in [0.3, 0.4) is 0 Å². The fourth-order valence-corrected chi connectivity index (χ4v) is 2.69. The van der Waals surface area contributed by atoms with E-state index in [2.05, 4.69) is 5.32 Å². The molecule has 0 spiro atoms. The molecule has 0 aromatic rings. The molecule has 0 unspecified atom stereocenters. The molecule has 1 saturated carbocycles. The molecule has 7 heteroatoms. The van der Waals surface area contributed by atoms with Gasteiger partial charge in [0.25, 0.3) is 0 Å². The fraction of sp³-hybridized carbons (Fsp3) is 0.786. The molecule has 0 bridgehead atoms. The highest BCUT2D eigenvalue weighted by molar-refractivity contribution is 5.87. The van der Waals surface area contributed by atoms with Gasteiger partial charge in [-0.05, 0) is 18.8 Å². The van der Waals surface area contributed by atoms with Crippen molar-refractivity contribution in [3.05, 3.63) is 0 Å². The van der Waals surface area contributed by atoms with Crippen LogP contribution in [-0.4, -0.2) is 40.1 Å². The summed E-state index contributed by atoms with van der Waals surface area (Å²) in [6.45, 7) is 0. The molecular weight excluding hydrogens is 276 g/mol. The lowest BCUT2D eigenvalue weighted by molar-refractivity contribution is -0.143. The Balaban J connectivity index is 2.43. The Morgan fingerprint density at radius 3 is 2.29 bits per heavy atom. The highest BCUT2D eigenvalue weighted by atomic mass is 16.4. The lowest BCUT2D eigenvalue weighted by Crippen LogP contribution is -2.49. The van der Waals surface area contributed by atoms with Gasteiger partial charge < -0.3 is 21.3 Å². The summed E-state index contributed by atoms with van der Waals surface area (Å²) in [6.07, 6.45) is 5.72. The molecule has 1 aliphatic carbocycles. The Morgan fingerprint density at radius 2 is 1.76 bits per heavy atom. The number of hydrogen-bond donors (Lipinski definition) is 4. The van der Waals surface area contributed by atoms with Crippen LogP contribution in [0.4, 0.5) is 0 Å². The summed E-state index contributed by atoms with van der Waals surface area (Å²) in [5.41, 5.74) is 5.83. The molecule has 1 amide bonds. The zero-order valence-electron chi connectivity index (χ0n) is 12.1. The van der Waals surface area contributed by atoms with Crippen LogP contribution in [0.25, 0.3) is 0 Å². The topological polar surface area (TPSA) is 130 Å². The van der Waals surface area contributed by atoms with E-state index in [9.17, 15) is 14.4 Å². The lowest BCUT2D eigenvalue weighted by Gasteiger charge is -2.25. The average Bonchev–Trinajstić information content (AvgIpc) is 2.43. The molecule has 1 fully saturated rings. The maximum Gasteiger partial charge on any atom is 0.326 e. The predicted molar refractivity (Wildman–Crippen MR) is 75.6 cm³/mol. The number of carboxylic acid groups (broad SMARTS) is 2. The molecule has 7 nitrogen and oxygen atoms in total. The van der Waals surface area contributed by atoms with Gasteiger partial charge in [0.15, 0.2) is 0 Å². The van der Waals surface area contributed by atoms with Crippen LogP contribution in [0.1, 0.15) is 51.4 Å². The van der Waals surface area contributed by atoms with Crippen LogP contribution in [0, 0.1) is 5.92 Å². The van der Waals surface area contributed by atoms with E-state index in [0.29, 0.717) is 12.3 Å². The molecular formula is C14H24N2O5. The standard InChI is InChI=1S/C14H24N2O5/c15-10(8-9-4-2-1-3-5-9)13(19)16-11(14(20)21)6-7-12(17)18/h9-11H,1-8,15H2,(H,16,19)(H,17,18)(H,20,21)/t10-,11-/m1/s1. The Kier molecular flexibility index (Phi) is 7.14. The smallest absolute Gasteiger partial charge is 0.326 e. The first-order valence-corrected chi connectivity index (χ1v) is 7.40. The third-order valence-corrected chi connectivity index (χ3v) is 3.91. The van der Waals surface area contributed by atoms with Gasteiger partial charge in [0, 0.05) is 6.42 Å². The molecule has 21 heavy (non-hydrogen) atoms. The first-order valence-electron chi connectivity index (χ1n) is 7.40. The second kappa shape index (κ2) is 8.61. The highest BCUT2D eigenvalue weighted by Gasteiger charge is 2.26. The maximum absolute atomic E-state index is 11.9. The van der Waals surface area contributed by atoms with Crippen LogP contribution in [0.15, 0.2) is 0 Å². The first kappa shape index (κ1) is 17.4. The molecule has 0 aliphatic heterocycles. The van der Waals surface area contributed by atoms with Crippen molar-refractivity contribution in [3.63, 3.8) is 0 Å². The number of nitrogens with one attached hydrogen (secondary N) is 1. The minimum Gasteiger partial charge on any atom is -0.481 e. The first-order chi connectivity index (χ1) is 9.90. The van der Waals surface area contributed by atoms with E-state index < -0.39 is 29.9 Å². The second-order valence-electron chi connectivity index (χ2n) is 5.68. The molecule has 5 N–H and O–H groups in total. The molecule has 2 atom stereocenters. The number of hydrogen-bond acceptors (Lipinski definition) is 4. The Hall–Kier alpha value is -1.63. The molecule has 120 valence electrons. The summed E-state index contributed by atoms with van der Waals surface area (Å²) in [6, 6.07) is -1.94. The monoisotopic (exact) mass is 300 g/mol. The molecule has 1 rings (SSSR count). The predicted octanol–water partition coefficient (Wildman–Crippen LogP) is 0.718. The van der Waals surface area contributed by atoms with Crippen molar-refractivity contribution in [2.75, 3.05) is 0 Å². The Morgan fingerprint density at radius 1 is 1.14 bits per heavy atom. The molecule has 0 saturated heterocycles. The van der Waals surface area contributed by atoms with Crippen molar-refractivity contribution in [3.8, 4) is 0 Å².